The molecule has 0 atom stereocenters. The van der Waals surface area contributed by atoms with E-state index in [4.69, 9.17) is 23.8 Å². The molecule has 0 spiro atoms. The van der Waals surface area contributed by atoms with Gasteiger partial charge in [-0.15, -0.1) is 0 Å². The molecule has 0 unspecified atom stereocenters. The topological polar surface area (TPSA) is 24.1 Å². The number of halogens is 1. The summed E-state index contributed by atoms with van der Waals surface area (Å²) in [6.07, 6.45) is 0. The predicted molar refractivity (Wildman–Crippen MR) is 92.6 cm³/mol. The summed E-state index contributed by atoms with van der Waals surface area (Å²) in [5.41, 5.74) is 1.98. The van der Waals surface area contributed by atoms with Gasteiger partial charge in [-0.3, -0.25) is 0 Å². The highest BCUT2D eigenvalue weighted by molar-refractivity contribution is 8.00. The predicted octanol–water partition coefficient (Wildman–Crippen LogP) is 4.47. The third-order valence-electron chi connectivity index (χ3n) is 2.30. The summed E-state index contributed by atoms with van der Waals surface area (Å²) >= 11 is 13.3. The maximum Gasteiger partial charge on any atom is 0.170 e. The second-order valence-corrected chi connectivity index (χ2v) is 8.06. The quantitative estimate of drug-likeness (QED) is 0.632. The van der Waals surface area contributed by atoms with Crippen LogP contribution in [-0.2, 0) is 0 Å². The van der Waals surface area contributed by atoms with Gasteiger partial charge in [0.2, 0.25) is 0 Å². The zero-order valence-electron chi connectivity index (χ0n) is 11.8. The zero-order chi connectivity index (χ0) is 14.5. The van der Waals surface area contributed by atoms with Gasteiger partial charge in [-0.1, -0.05) is 38.4 Å². The Kier molecular flexibility index (Phi) is 6.43. The second-order valence-electron chi connectivity index (χ2n) is 5.33. The lowest BCUT2D eigenvalue weighted by Gasteiger charge is -2.18. The molecule has 0 aromatic heterocycles. The van der Waals surface area contributed by atoms with E-state index < -0.39 is 0 Å². The normalized spacial score (nSPS) is 11.2. The number of benzene rings is 1. The van der Waals surface area contributed by atoms with Crippen molar-refractivity contribution in [2.75, 3.05) is 17.6 Å². The van der Waals surface area contributed by atoms with Crippen LogP contribution < -0.4 is 10.6 Å². The first kappa shape index (κ1) is 16.6. The fraction of sp³-hybridized carbons (Fsp3) is 0.500. The van der Waals surface area contributed by atoms with Gasteiger partial charge >= 0.3 is 0 Å². The lowest BCUT2D eigenvalue weighted by atomic mass is 10.2. The minimum atomic E-state index is 0.289. The average molecular weight is 317 g/mol. The van der Waals surface area contributed by atoms with Crippen LogP contribution >= 0.6 is 35.6 Å². The molecular formula is C14H21ClN2S2. The van der Waals surface area contributed by atoms with Crippen molar-refractivity contribution >= 4 is 46.4 Å². The van der Waals surface area contributed by atoms with E-state index in [1.54, 1.807) is 0 Å². The molecule has 0 aliphatic carbocycles. The Balaban J connectivity index is 2.35. The van der Waals surface area contributed by atoms with Crippen molar-refractivity contribution in [1.82, 2.24) is 5.32 Å². The number of rotatable bonds is 4. The van der Waals surface area contributed by atoms with Gasteiger partial charge in [0, 0.05) is 17.0 Å². The maximum absolute atomic E-state index is 6.14. The van der Waals surface area contributed by atoms with Crippen molar-refractivity contribution in [2.45, 2.75) is 32.4 Å². The third kappa shape index (κ3) is 7.04. The Labute approximate surface area is 130 Å². The molecule has 0 saturated heterocycles. The van der Waals surface area contributed by atoms with Gasteiger partial charge in [0.15, 0.2) is 5.11 Å². The van der Waals surface area contributed by atoms with Crippen molar-refractivity contribution in [3.63, 3.8) is 0 Å². The van der Waals surface area contributed by atoms with E-state index in [1.807, 2.05) is 36.9 Å². The first-order valence-electron chi connectivity index (χ1n) is 6.23. The minimum absolute atomic E-state index is 0.289. The Bertz CT molecular complexity index is 442. The fourth-order valence-electron chi connectivity index (χ4n) is 1.41. The summed E-state index contributed by atoms with van der Waals surface area (Å²) in [6, 6.07) is 5.86. The van der Waals surface area contributed by atoms with E-state index in [0.717, 1.165) is 23.5 Å². The van der Waals surface area contributed by atoms with Crippen LogP contribution in [0.1, 0.15) is 26.3 Å². The highest BCUT2D eigenvalue weighted by Crippen LogP contribution is 2.23. The van der Waals surface area contributed by atoms with Gasteiger partial charge < -0.3 is 10.6 Å². The monoisotopic (exact) mass is 316 g/mol. The van der Waals surface area contributed by atoms with Crippen molar-refractivity contribution in [3.05, 3.63) is 28.8 Å². The summed E-state index contributed by atoms with van der Waals surface area (Å²) in [7, 11) is 0. The molecule has 0 fully saturated rings. The smallest absolute Gasteiger partial charge is 0.170 e. The summed E-state index contributed by atoms with van der Waals surface area (Å²) < 4.78 is 0.289. The van der Waals surface area contributed by atoms with Crippen molar-refractivity contribution < 1.29 is 0 Å². The number of nitrogens with one attached hydrogen (secondary N) is 2. The van der Waals surface area contributed by atoms with Crippen LogP contribution in [0.4, 0.5) is 5.69 Å². The number of hydrogen-bond donors (Lipinski definition) is 2. The summed E-state index contributed by atoms with van der Waals surface area (Å²) in [6.45, 7) is 9.48. The summed E-state index contributed by atoms with van der Waals surface area (Å²) in [5, 5.41) is 7.60. The standard InChI is InChI=1S/C14H21ClN2S2/c1-10-5-6-12(11(15)9-10)17-13(18)16-7-8-19-14(2,3)4/h5-6,9H,7-8H2,1-4H3,(H2,16,17,18). The SMILES string of the molecule is Cc1ccc(NC(=S)NCCSC(C)(C)C)c(Cl)c1. The number of hydrogen-bond acceptors (Lipinski definition) is 2. The van der Waals surface area contributed by atoms with Crippen molar-refractivity contribution in [3.8, 4) is 0 Å². The molecule has 1 aromatic rings. The molecule has 0 bridgehead atoms. The Morgan fingerprint density at radius 3 is 2.63 bits per heavy atom. The van der Waals surface area contributed by atoms with Gasteiger partial charge in [-0.2, -0.15) is 11.8 Å². The highest BCUT2D eigenvalue weighted by atomic mass is 35.5. The van der Waals surface area contributed by atoms with Crippen LogP contribution in [0.15, 0.2) is 18.2 Å². The van der Waals surface area contributed by atoms with Crippen LogP contribution in [0.5, 0.6) is 0 Å². The fourth-order valence-corrected chi connectivity index (χ4v) is 2.72. The summed E-state index contributed by atoms with van der Waals surface area (Å²) in [4.78, 5) is 0. The van der Waals surface area contributed by atoms with E-state index in [-0.39, 0.29) is 4.75 Å². The van der Waals surface area contributed by atoms with Crippen molar-refractivity contribution in [2.24, 2.45) is 0 Å². The molecular weight excluding hydrogens is 296 g/mol. The summed E-state index contributed by atoms with van der Waals surface area (Å²) in [5.74, 6) is 1.02. The van der Waals surface area contributed by atoms with Gasteiger partial charge in [0.05, 0.1) is 10.7 Å². The maximum atomic E-state index is 6.14. The average Bonchev–Trinajstić information content (AvgIpc) is 2.27. The highest BCUT2D eigenvalue weighted by Gasteiger charge is 2.09. The van der Waals surface area contributed by atoms with Crippen LogP contribution in [0.25, 0.3) is 0 Å². The molecule has 0 aliphatic heterocycles. The van der Waals surface area contributed by atoms with Gasteiger partial charge in [-0.05, 0) is 36.8 Å². The van der Waals surface area contributed by atoms with Gasteiger partial charge in [0.25, 0.3) is 0 Å². The van der Waals surface area contributed by atoms with Crippen LogP contribution in [-0.4, -0.2) is 22.2 Å². The van der Waals surface area contributed by atoms with Gasteiger partial charge in [-0.25, -0.2) is 0 Å². The molecule has 0 radical (unpaired) electrons. The molecule has 1 rings (SSSR count). The Hall–Kier alpha value is -0.450. The zero-order valence-corrected chi connectivity index (χ0v) is 14.2. The minimum Gasteiger partial charge on any atom is -0.362 e. The molecule has 0 saturated carbocycles. The number of anilines is 1. The van der Waals surface area contributed by atoms with Gasteiger partial charge in [0.1, 0.15) is 0 Å². The van der Waals surface area contributed by atoms with E-state index in [9.17, 15) is 0 Å². The lowest BCUT2D eigenvalue weighted by Crippen LogP contribution is -2.31. The van der Waals surface area contributed by atoms with E-state index in [1.165, 1.54) is 0 Å². The Morgan fingerprint density at radius 2 is 2.05 bits per heavy atom. The first-order chi connectivity index (χ1) is 8.78. The molecule has 1 aromatic carbocycles. The molecule has 106 valence electrons. The molecule has 0 amide bonds. The van der Waals surface area contributed by atoms with E-state index in [2.05, 4.69) is 31.4 Å². The molecule has 19 heavy (non-hydrogen) atoms. The molecule has 0 heterocycles. The molecule has 2 N–H and O–H groups in total. The largest absolute Gasteiger partial charge is 0.362 e. The third-order valence-corrected chi connectivity index (χ3v) is 4.13. The van der Waals surface area contributed by atoms with Crippen LogP contribution in [0.2, 0.25) is 5.02 Å². The van der Waals surface area contributed by atoms with Crippen LogP contribution in [0.3, 0.4) is 0 Å². The van der Waals surface area contributed by atoms with E-state index in [0.29, 0.717) is 10.1 Å². The Morgan fingerprint density at radius 1 is 1.37 bits per heavy atom. The molecule has 5 heteroatoms. The lowest BCUT2D eigenvalue weighted by molar-refractivity contribution is 0.800. The molecule has 0 aliphatic rings. The number of thioether (sulfide) groups is 1. The number of thiocarbonyl (C=S) groups is 1. The van der Waals surface area contributed by atoms with Crippen LogP contribution in [0, 0.1) is 6.92 Å². The first-order valence-corrected chi connectivity index (χ1v) is 8.00. The van der Waals surface area contributed by atoms with E-state index >= 15 is 0 Å². The number of aryl methyl sites for hydroxylation is 1. The second kappa shape index (κ2) is 7.36. The van der Waals surface area contributed by atoms with Crippen molar-refractivity contribution in [1.29, 1.82) is 0 Å². The molecule has 2 nitrogen and oxygen atoms in total.